The molecule has 1 aliphatic carbocycles. The van der Waals surface area contributed by atoms with Crippen LogP contribution in [0.4, 0.5) is 0 Å². The summed E-state index contributed by atoms with van der Waals surface area (Å²) < 4.78 is 5.73. The summed E-state index contributed by atoms with van der Waals surface area (Å²) in [5.74, 6) is 1.48. The van der Waals surface area contributed by atoms with Gasteiger partial charge in [-0.1, -0.05) is 23.7 Å². The number of carbonyl (C=O) groups excluding carboxylic acids is 2. The Bertz CT molecular complexity index is 673. The fourth-order valence-electron chi connectivity index (χ4n) is 2.67. The smallest absolute Gasteiger partial charge is 0.140 e. The molecule has 1 fully saturated rings. The van der Waals surface area contributed by atoms with Crippen LogP contribution in [0.5, 0.6) is 11.5 Å². The van der Waals surface area contributed by atoms with E-state index in [1.807, 2.05) is 24.3 Å². The van der Waals surface area contributed by atoms with Crippen molar-refractivity contribution in [2.75, 3.05) is 0 Å². The van der Waals surface area contributed by atoms with Crippen molar-refractivity contribution in [1.29, 1.82) is 0 Å². The van der Waals surface area contributed by atoms with Gasteiger partial charge in [-0.25, -0.2) is 0 Å². The van der Waals surface area contributed by atoms with Crippen LogP contribution in [0.2, 0.25) is 5.02 Å². The van der Waals surface area contributed by atoms with Crippen molar-refractivity contribution < 1.29 is 14.3 Å². The molecular formula is C18H15ClO3. The van der Waals surface area contributed by atoms with Gasteiger partial charge in [-0.3, -0.25) is 9.59 Å². The first-order valence-corrected chi connectivity index (χ1v) is 7.55. The lowest BCUT2D eigenvalue weighted by Gasteiger charge is -2.20. The van der Waals surface area contributed by atoms with Gasteiger partial charge in [0.05, 0.1) is 6.42 Å². The average molecular weight is 315 g/mol. The summed E-state index contributed by atoms with van der Waals surface area (Å²) in [5, 5.41) is 0.661. The van der Waals surface area contributed by atoms with Crippen LogP contribution in [-0.4, -0.2) is 11.6 Å². The third kappa shape index (κ3) is 3.55. The first kappa shape index (κ1) is 14.8. The Balaban J connectivity index is 1.71. The van der Waals surface area contributed by atoms with Crippen LogP contribution in [0.3, 0.4) is 0 Å². The molecule has 4 heteroatoms. The number of carbonyl (C=O) groups is 2. The van der Waals surface area contributed by atoms with Crippen molar-refractivity contribution in [2.45, 2.75) is 25.2 Å². The highest BCUT2D eigenvalue weighted by atomic mass is 35.5. The van der Waals surface area contributed by atoms with Gasteiger partial charge < -0.3 is 4.74 Å². The van der Waals surface area contributed by atoms with Crippen molar-refractivity contribution in [3.8, 4) is 11.5 Å². The summed E-state index contributed by atoms with van der Waals surface area (Å²) in [6, 6.07) is 14.7. The van der Waals surface area contributed by atoms with E-state index >= 15 is 0 Å². The molecule has 3 rings (SSSR count). The van der Waals surface area contributed by atoms with Crippen LogP contribution in [-0.2, 0) is 9.59 Å². The lowest BCUT2D eigenvalue weighted by atomic mass is 9.83. The SMILES string of the molecule is O=C1CC(=O)CC(c2ccc(Oc3ccc(Cl)cc3)cc2)C1. The van der Waals surface area contributed by atoms with Gasteiger partial charge in [0, 0.05) is 17.9 Å². The maximum atomic E-state index is 11.5. The zero-order valence-electron chi connectivity index (χ0n) is 11.9. The molecule has 0 bridgehead atoms. The van der Waals surface area contributed by atoms with Crippen LogP contribution < -0.4 is 4.74 Å². The Labute approximate surface area is 133 Å². The molecule has 2 aromatic carbocycles. The van der Waals surface area contributed by atoms with Gasteiger partial charge in [-0.05, 0) is 47.9 Å². The molecule has 0 unspecified atom stereocenters. The van der Waals surface area contributed by atoms with Crippen molar-refractivity contribution >= 4 is 23.2 Å². The molecule has 1 aliphatic rings. The number of benzene rings is 2. The summed E-state index contributed by atoms with van der Waals surface area (Å²) in [6.07, 6.45) is 0.987. The molecule has 0 aromatic heterocycles. The molecule has 0 amide bonds. The number of Topliss-reactive ketones (excluding diaryl/α,β-unsaturated/α-hetero) is 2. The minimum atomic E-state index is -0.00154. The second-order valence-electron chi connectivity index (χ2n) is 5.48. The Morgan fingerprint density at radius 2 is 1.32 bits per heavy atom. The molecule has 0 atom stereocenters. The minimum Gasteiger partial charge on any atom is -0.457 e. The maximum Gasteiger partial charge on any atom is 0.140 e. The Hall–Kier alpha value is -2.13. The topological polar surface area (TPSA) is 43.4 Å². The Morgan fingerprint density at radius 1 is 0.818 bits per heavy atom. The minimum absolute atomic E-state index is 0.00154. The zero-order valence-corrected chi connectivity index (χ0v) is 12.7. The third-order valence-electron chi connectivity index (χ3n) is 3.74. The number of rotatable bonds is 3. The fourth-order valence-corrected chi connectivity index (χ4v) is 2.79. The molecule has 0 heterocycles. The number of ether oxygens (including phenoxy) is 1. The summed E-state index contributed by atoms with van der Waals surface area (Å²) in [4.78, 5) is 23.1. The fraction of sp³-hybridized carbons (Fsp3) is 0.222. The molecular weight excluding hydrogens is 300 g/mol. The molecule has 2 aromatic rings. The van der Waals surface area contributed by atoms with E-state index in [4.69, 9.17) is 16.3 Å². The highest BCUT2D eigenvalue weighted by molar-refractivity contribution is 6.30. The van der Waals surface area contributed by atoms with Crippen LogP contribution in [0.25, 0.3) is 0 Å². The molecule has 1 saturated carbocycles. The van der Waals surface area contributed by atoms with Crippen molar-refractivity contribution in [3.63, 3.8) is 0 Å². The van der Waals surface area contributed by atoms with E-state index in [2.05, 4.69) is 0 Å². The molecule has 0 saturated heterocycles. The first-order valence-electron chi connectivity index (χ1n) is 7.17. The molecule has 3 nitrogen and oxygen atoms in total. The second-order valence-corrected chi connectivity index (χ2v) is 5.92. The van der Waals surface area contributed by atoms with Crippen LogP contribution in [0, 0.1) is 0 Å². The predicted molar refractivity (Wildman–Crippen MR) is 84.6 cm³/mol. The van der Waals surface area contributed by atoms with Crippen LogP contribution in [0.15, 0.2) is 48.5 Å². The summed E-state index contributed by atoms with van der Waals surface area (Å²) in [6.45, 7) is 0. The van der Waals surface area contributed by atoms with Gasteiger partial charge in [-0.2, -0.15) is 0 Å². The van der Waals surface area contributed by atoms with Gasteiger partial charge >= 0.3 is 0 Å². The number of hydrogen-bond donors (Lipinski definition) is 0. The van der Waals surface area contributed by atoms with E-state index in [1.54, 1.807) is 24.3 Å². The molecule has 0 radical (unpaired) electrons. The number of ketones is 2. The summed E-state index contributed by atoms with van der Waals surface area (Å²) >= 11 is 5.83. The van der Waals surface area contributed by atoms with Crippen LogP contribution in [0.1, 0.15) is 30.7 Å². The normalized spacial score (nSPS) is 15.9. The largest absolute Gasteiger partial charge is 0.457 e. The maximum absolute atomic E-state index is 11.5. The van der Waals surface area contributed by atoms with Gasteiger partial charge in [0.1, 0.15) is 23.1 Å². The Kier molecular flexibility index (Phi) is 4.25. The monoisotopic (exact) mass is 314 g/mol. The first-order chi connectivity index (χ1) is 10.6. The van der Waals surface area contributed by atoms with Gasteiger partial charge in [0.25, 0.3) is 0 Å². The Morgan fingerprint density at radius 3 is 1.86 bits per heavy atom. The van der Waals surface area contributed by atoms with E-state index in [1.165, 1.54) is 0 Å². The van der Waals surface area contributed by atoms with Crippen molar-refractivity contribution in [2.24, 2.45) is 0 Å². The number of halogens is 1. The van der Waals surface area contributed by atoms with Crippen LogP contribution >= 0.6 is 11.6 Å². The highest BCUT2D eigenvalue weighted by Gasteiger charge is 2.26. The lowest BCUT2D eigenvalue weighted by Crippen LogP contribution is -2.21. The zero-order chi connectivity index (χ0) is 15.5. The van der Waals surface area contributed by atoms with Gasteiger partial charge in [0.15, 0.2) is 0 Å². The number of hydrogen-bond acceptors (Lipinski definition) is 3. The molecule has 0 aliphatic heterocycles. The quantitative estimate of drug-likeness (QED) is 0.781. The van der Waals surface area contributed by atoms with E-state index < -0.39 is 0 Å². The van der Waals surface area contributed by atoms with Gasteiger partial charge in [0.2, 0.25) is 0 Å². The third-order valence-corrected chi connectivity index (χ3v) is 4.00. The molecule has 22 heavy (non-hydrogen) atoms. The van der Waals surface area contributed by atoms with E-state index in [0.29, 0.717) is 29.4 Å². The van der Waals surface area contributed by atoms with Crippen molar-refractivity contribution in [3.05, 3.63) is 59.1 Å². The molecule has 0 spiro atoms. The lowest BCUT2D eigenvalue weighted by molar-refractivity contribution is -0.130. The van der Waals surface area contributed by atoms with E-state index in [-0.39, 0.29) is 23.9 Å². The summed E-state index contributed by atoms with van der Waals surface area (Å²) in [7, 11) is 0. The standard InChI is InChI=1S/C18H15ClO3/c19-14-3-7-18(8-4-14)22-17-5-1-12(2-6-17)13-9-15(20)11-16(21)10-13/h1-8,13H,9-11H2. The average Bonchev–Trinajstić information content (AvgIpc) is 2.49. The summed E-state index contributed by atoms with van der Waals surface area (Å²) in [5.41, 5.74) is 1.00. The van der Waals surface area contributed by atoms with Gasteiger partial charge in [-0.15, -0.1) is 0 Å². The molecule has 0 N–H and O–H groups in total. The van der Waals surface area contributed by atoms with E-state index in [9.17, 15) is 9.59 Å². The predicted octanol–water partition coefficient (Wildman–Crippen LogP) is 4.54. The second kappa shape index (κ2) is 6.32. The van der Waals surface area contributed by atoms with Crippen molar-refractivity contribution in [1.82, 2.24) is 0 Å². The molecule has 112 valence electrons. The van der Waals surface area contributed by atoms with E-state index in [0.717, 1.165) is 5.56 Å². The highest BCUT2D eigenvalue weighted by Crippen LogP contribution is 2.31.